The fourth-order valence-corrected chi connectivity index (χ4v) is 4.18. The second-order valence-electron chi connectivity index (χ2n) is 6.83. The van der Waals surface area contributed by atoms with Crippen LogP contribution in [0.5, 0.6) is 11.5 Å². The maximum atomic E-state index is 12.6. The number of rotatable bonds is 8. The van der Waals surface area contributed by atoms with Crippen molar-refractivity contribution < 1.29 is 23.7 Å². The largest absolute Gasteiger partial charge is 0.504 e. The SMILES string of the molecule is C[C@H](CNCC(O)c1ccc(O)c(O)c1)NS(=O)(=O)c1ccc2cnccc2c1.Cl. The normalized spacial score (nSPS) is 13.5. The lowest BCUT2D eigenvalue weighted by atomic mass is 10.1. The molecule has 0 saturated carbocycles. The molecule has 1 heterocycles. The number of aliphatic hydroxyl groups is 1. The second-order valence-corrected chi connectivity index (χ2v) is 8.54. The van der Waals surface area contributed by atoms with Crippen molar-refractivity contribution in [3.63, 3.8) is 0 Å². The van der Waals surface area contributed by atoms with E-state index in [0.717, 1.165) is 10.8 Å². The second kappa shape index (κ2) is 10.1. The van der Waals surface area contributed by atoms with Crippen LogP contribution in [-0.2, 0) is 10.0 Å². The van der Waals surface area contributed by atoms with E-state index < -0.39 is 22.2 Å². The Kier molecular flexibility index (Phi) is 7.99. The van der Waals surface area contributed by atoms with Gasteiger partial charge in [0.2, 0.25) is 10.0 Å². The molecule has 8 nitrogen and oxygen atoms in total. The predicted octanol–water partition coefficient (Wildman–Crippen LogP) is 2.06. The third-order valence-corrected chi connectivity index (χ3v) is 6.04. The van der Waals surface area contributed by atoms with E-state index in [-0.39, 0.29) is 41.9 Å². The Morgan fingerprint density at radius 2 is 1.77 bits per heavy atom. The van der Waals surface area contributed by atoms with Gasteiger partial charge in [0, 0.05) is 36.9 Å². The fourth-order valence-electron chi connectivity index (χ4n) is 2.91. The highest BCUT2D eigenvalue weighted by atomic mass is 35.5. The number of aromatic nitrogens is 1. The van der Waals surface area contributed by atoms with Gasteiger partial charge < -0.3 is 20.6 Å². The van der Waals surface area contributed by atoms with Crippen LogP contribution in [0.25, 0.3) is 10.8 Å². The molecule has 0 saturated heterocycles. The molecule has 1 unspecified atom stereocenters. The highest BCUT2D eigenvalue weighted by Crippen LogP contribution is 2.27. The smallest absolute Gasteiger partial charge is 0.240 e. The summed E-state index contributed by atoms with van der Waals surface area (Å²) in [5.74, 6) is -0.573. The quantitative estimate of drug-likeness (QED) is 0.330. The molecule has 2 aromatic carbocycles. The Balaban J connectivity index is 0.00000320. The van der Waals surface area contributed by atoms with E-state index in [9.17, 15) is 23.7 Å². The first-order valence-electron chi connectivity index (χ1n) is 9.03. The first-order valence-corrected chi connectivity index (χ1v) is 10.5. The molecule has 3 rings (SSSR count). The van der Waals surface area contributed by atoms with Gasteiger partial charge in [0.05, 0.1) is 11.0 Å². The van der Waals surface area contributed by atoms with Crippen LogP contribution < -0.4 is 10.0 Å². The lowest BCUT2D eigenvalue weighted by molar-refractivity contribution is 0.173. The van der Waals surface area contributed by atoms with Crippen LogP contribution in [0.15, 0.2) is 59.8 Å². The number of nitrogens with one attached hydrogen (secondary N) is 2. The monoisotopic (exact) mass is 453 g/mol. The van der Waals surface area contributed by atoms with Gasteiger partial charge in [0.15, 0.2) is 11.5 Å². The third-order valence-electron chi connectivity index (χ3n) is 4.45. The number of pyridine rings is 1. The Bertz CT molecular complexity index is 1110. The van der Waals surface area contributed by atoms with E-state index in [1.807, 2.05) is 0 Å². The molecule has 162 valence electrons. The first kappa shape index (κ1) is 23.8. The standard InChI is InChI=1S/C20H23N3O5S.ClH/c1-13(10-22-12-20(26)15-3-5-18(24)19(25)9-15)23-29(27,28)17-4-2-16-11-21-7-6-14(16)8-17;/h2-9,11,13,20,22-26H,10,12H2,1H3;1H/t13-,20?;/m1./s1. The van der Waals surface area contributed by atoms with Crippen molar-refractivity contribution in [3.05, 3.63) is 60.4 Å². The molecule has 0 amide bonds. The van der Waals surface area contributed by atoms with Crippen molar-refractivity contribution in [1.82, 2.24) is 15.0 Å². The number of aromatic hydroxyl groups is 2. The topological polar surface area (TPSA) is 132 Å². The summed E-state index contributed by atoms with van der Waals surface area (Å²) in [6.07, 6.45) is 2.36. The number of phenols is 2. The summed E-state index contributed by atoms with van der Waals surface area (Å²) in [4.78, 5) is 4.18. The van der Waals surface area contributed by atoms with Crippen LogP contribution in [0.4, 0.5) is 0 Å². The molecule has 1 aromatic heterocycles. The van der Waals surface area contributed by atoms with Crippen molar-refractivity contribution >= 4 is 33.2 Å². The van der Waals surface area contributed by atoms with Gasteiger partial charge in [0.25, 0.3) is 0 Å². The number of sulfonamides is 1. The Hall–Kier alpha value is -2.43. The fraction of sp³-hybridized carbons (Fsp3) is 0.250. The molecule has 2 atom stereocenters. The average molecular weight is 454 g/mol. The molecule has 30 heavy (non-hydrogen) atoms. The van der Waals surface area contributed by atoms with E-state index in [4.69, 9.17) is 0 Å². The molecule has 0 spiro atoms. The van der Waals surface area contributed by atoms with Crippen LogP contribution in [0.1, 0.15) is 18.6 Å². The van der Waals surface area contributed by atoms with Gasteiger partial charge in [-0.3, -0.25) is 4.98 Å². The van der Waals surface area contributed by atoms with Crippen molar-refractivity contribution in [2.45, 2.75) is 24.0 Å². The lowest BCUT2D eigenvalue weighted by Crippen LogP contribution is -2.40. The number of hydrogen-bond acceptors (Lipinski definition) is 7. The molecule has 0 aliphatic heterocycles. The highest BCUT2D eigenvalue weighted by molar-refractivity contribution is 7.89. The van der Waals surface area contributed by atoms with Gasteiger partial charge in [-0.05, 0) is 48.2 Å². The number of fused-ring (bicyclic) bond motifs is 1. The van der Waals surface area contributed by atoms with Crippen LogP contribution in [0.2, 0.25) is 0 Å². The van der Waals surface area contributed by atoms with E-state index in [1.54, 1.807) is 37.5 Å². The molecule has 0 bridgehead atoms. The van der Waals surface area contributed by atoms with Gasteiger partial charge in [-0.15, -0.1) is 12.4 Å². The summed E-state index contributed by atoms with van der Waals surface area (Å²) in [5.41, 5.74) is 0.437. The first-order chi connectivity index (χ1) is 13.8. The Morgan fingerprint density at radius 1 is 1.00 bits per heavy atom. The molecule has 0 aliphatic carbocycles. The summed E-state index contributed by atoms with van der Waals surface area (Å²) in [7, 11) is -3.70. The molecular formula is C20H24ClN3O5S. The zero-order valence-corrected chi connectivity index (χ0v) is 17.8. The van der Waals surface area contributed by atoms with Crippen LogP contribution in [0, 0.1) is 0 Å². The molecule has 5 N–H and O–H groups in total. The number of aliphatic hydroxyl groups excluding tert-OH is 1. The molecule has 10 heteroatoms. The molecule has 3 aromatic rings. The van der Waals surface area contributed by atoms with E-state index in [0.29, 0.717) is 5.56 Å². The van der Waals surface area contributed by atoms with Crippen LogP contribution in [0.3, 0.4) is 0 Å². The number of phenolic OH excluding ortho intramolecular Hbond substituents is 2. The third kappa shape index (κ3) is 5.80. The highest BCUT2D eigenvalue weighted by Gasteiger charge is 2.18. The summed E-state index contributed by atoms with van der Waals surface area (Å²) in [6, 6.07) is 10.3. The predicted molar refractivity (Wildman–Crippen MR) is 116 cm³/mol. The van der Waals surface area contributed by atoms with Crippen molar-refractivity contribution in [1.29, 1.82) is 0 Å². The maximum absolute atomic E-state index is 12.6. The summed E-state index contributed by atoms with van der Waals surface area (Å²) >= 11 is 0. The number of hydrogen-bond donors (Lipinski definition) is 5. The van der Waals surface area contributed by atoms with Crippen LogP contribution >= 0.6 is 12.4 Å². The molecule has 0 radical (unpaired) electrons. The average Bonchev–Trinajstić information content (AvgIpc) is 2.69. The number of nitrogens with zero attached hydrogens (tertiary/aromatic N) is 1. The van der Waals surface area contributed by atoms with E-state index in [2.05, 4.69) is 15.0 Å². The molecule has 0 aliphatic rings. The Labute approximate surface area is 181 Å². The minimum atomic E-state index is -3.70. The minimum absolute atomic E-state index is 0. The van der Waals surface area contributed by atoms with Crippen molar-refractivity contribution in [2.24, 2.45) is 0 Å². The Morgan fingerprint density at radius 3 is 2.50 bits per heavy atom. The van der Waals surface area contributed by atoms with Crippen LogP contribution in [-0.4, -0.2) is 47.9 Å². The van der Waals surface area contributed by atoms with Crippen molar-refractivity contribution in [2.75, 3.05) is 13.1 Å². The zero-order valence-electron chi connectivity index (χ0n) is 16.2. The van der Waals surface area contributed by atoms with E-state index in [1.165, 1.54) is 24.3 Å². The minimum Gasteiger partial charge on any atom is -0.504 e. The summed E-state index contributed by atoms with van der Waals surface area (Å²) < 4.78 is 27.8. The molecular weight excluding hydrogens is 430 g/mol. The molecule has 0 fully saturated rings. The van der Waals surface area contributed by atoms with Gasteiger partial charge >= 0.3 is 0 Å². The zero-order chi connectivity index (χ0) is 21.0. The van der Waals surface area contributed by atoms with Gasteiger partial charge in [-0.1, -0.05) is 12.1 Å². The van der Waals surface area contributed by atoms with Gasteiger partial charge in [-0.2, -0.15) is 0 Å². The summed E-state index contributed by atoms with van der Waals surface area (Å²) in [5, 5.41) is 33.6. The summed E-state index contributed by atoms with van der Waals surface area (Å²) in [6.45, 7) is 2.16. The van der Waals surface area contributed by atoms with Crippen molar-refractivity contribution in [3.8, 4) is 11.5 Å². The lowest BCUT2D eigenvalue weighted by Gasteiger charge is -2.17. The number of benzene rings is 2. The number of halogens is 1. The maximum Gasteiger partial charge on any atom is 0.240 e. The van der Waals surface area contributed by atoms with E-state index >= 15 is 0 Å². The van der Waals surface area contributed by atoms with Gasteiger partial charge in [0.1, 0.15) is 0 Å². The van der Waals surface area contributed by atoms with Gasteiger partial charge in [-0.25, -0.2) is 13.1 Å².